The first-order valence-corrected chi connectivity index (χ1v) is 7.20. The first-order valence-electron chi connectivity index (χ1n) is 7.20. The SMILES string of the molecule is Cc1cccc(-c2cc(=O)[nH]c(Nc3ccc(F)c(C#N)c3)n2)c1. The fourth-order valence-corrected chi connectivity index (χ4v) is 2.29. The maximum atomic E-state index is 13.4. The molecule has 0 radical (unpaired) electrons. The summed E-state index contributed by atoms with van der Waals surface area (Å²) in [6.45, 7) is 1.96. The lowest BCUT2D eigenvalue weighted by Crippen LogP contribution is -2.10. The van der Waals surface area contributed by atoms with Crippen molar-refractivity contribution in [3.05, 3.63) is 75.8 Å². The van der Waals surface area contributed by atoms with Crippen LogP contribution in [-0.2, 0) is 0 Å². The quantitative estimate of drug-likeness (QED) is 0.774. The maximum absolute atomic E-state index is 13.4. The Morgan fingerprint density at radius 1 is 1.21 bits per heavy atom. The van der Waals surface area contributed by atoms with Crippen molar-refractivity contribution in [1.29, 1.82) is 5.26 Å². The van der Waals surface area contributed by atoms with Gasteiger partial charge in [-0.2, -0.15) is 5.26 Å². The van der Waals surface area contributed by atoms with Crippen LogP contribution in [0, 0.1) is 24.1 Å². The lowest BCUT2D eigenvalue weighted by Gasteiger charge is -2.08. The highest BCUT2D eigenvalue weighted by atomic mass is 19.1. The second-order valence-corrected chi connectivity index (χ2v) is 5.28. The van der Waals surface area contributed by atoms with Crippen molar-refractivity contribution in [3.8, 4) is 17.3 Å². The van der Waals surface area contributed by atoms with Gasteiger partial charge < -0.3 is 5.32 Å². The number of hydrogen-bond donors (Lipinski definition) is 2. The van der Waals surface area contributed by atoms with Crippen molar-refractivity contribution in [3.63, 3.8) is 0 Å². The van der Waals surface area contributed by atoms with E-state index in [1.54, 1.807) is 6.07 Å². The molecule has 0 bridgehead atoms. The number of hydrogen-bond acceptors (Lipinski definition) is 4. The van der Waals surface area contributed by atoms with Crippen LogP contribution in [0.25, 0.3) is 11.3 Å². The second-order valence-electron chi connectivity index (χ2n) is 5.28. The van der Waals surface area contributed by atoms with E-state index in [2.05, 4.69) is 15.3 Å². The van der Waals surface area contributed by atoms with Gasteiger partial charge in [0.25, 0.3) is 5.56 Å². The summed E-state index contributed by atoms with van der Waals surface area (Å²) in [5, 5.41) is 11.8. The molecule has 0 aliphatic rings. The third-order valence-electron chi connectivity index (χ3n) is 3.41. The Morgan fingerprint density at radius 2 is 2.04 bits per heavy atom. The van der Waals surface area contributed by atoms with Gasteiger partial charge in [-0.1, -0.05) is 23.8 Å². The first kappa shape index (κ1) is 15.4. The van der Waals surface area contributed by atoms with Crippen molar-refractivity contribution < 1.29 is 4.39 Å². The molecule has 118 valence electrons. The van der Waals surface area contributed by atoms with Gasteiger partial charge in [0.05, 0.1) is 11.3 Å². The van der Waals surface area contributed by atoms with E-state index in [-0.39, 0.29) is 17.1 Å². The molecule has 1 aromatic heterocycles. The van der Waals surface area contributed by atoms with Gasteiger partial charge in [0.2, 0.25) is 5.95 Å². The summed E-state index contributed by atoms with van der Waals surface area (Å²) < 4.78 is 13.4. The molecule has 0 spiro atoms. The number of anilines is 2. The van der Waals surface area contributed by atoms with E-state index in [1.165, 1.54) is 24.3 Å². The third kappa shape index (κ3) is 3.31. The lowest BCUT2D eigenvalue weighted by atomic mass is 10.1. The summed E-state index contributed by atoms with van der Waals surface area (Å²) in [7, 11) is 0. The molecule has 0 saturated heterocycles. The molecule has 2 aromatic carbocycles. The molecule has 0 amide bonds. The Kier molecular flexibility index (Phi) is 4.08. The van der Waals surface area contributed by atoms with Crippen molar-refractivity contribution >= 4 is 11.6 Å². The minimum atomic E-state index is -0.599. The third-order valence-corrected chi connectivity index (χ3v) is 3.41. The van der Waals surface area contributed by atoms with Crippen molar-refractivity contribution in [2.75, 3.05) is 5.32 Å². The Balaban J connectivity index is 1.98. The molecule has 6 heteroatoms. The van der Waals surface area contributed by atoms with E-state index >= 15 is 0 Å². The molecule has 0 unspecified atom stereocenters. The van der Waals surface area contributed by atoms with Crippen LogP contribution >= 0.6 is 0 Å². The van der Waals surface area contributed by atoms with E-state index in [4.69, 9.17) is 5.26 Å². The number of halogens is 1. The zero-order valence-corrected chi connectivity index (χ0v) is 12.8. The Morgan fingerprint density at radius 3 is 2.79 bits per heavy atom. The van der Waals surface area contributed by atoms with Crippen LogP contribution in [0.15, 0.2) is 53.3 Å². The topological polar surface area (TPSA) is 81.6 Å². The maximum Gasteiger partial charge on any atom is 0.252 e. The molecule has 1 heterocycles. The van der Waals surface area contributed by atoms with Crippen LogP contribution in [0.4, 0.5) is 16.0 Å². The molecule has 3 rings (SSSR count). The van der Waals surface area contributed by atoms with E-state index in [0.717, 1.165) is 11.1 Å². The van der Waals surface area contributed by atoms with Gasteiger partial charge in [-0.05, 0) is 31.2 Å². The van der Waals surface area contributed by atoms with Gasteiger partial charge in [0.1, 0.15) is 11.9 Å². The van der Waals surface area contributed by atoms with E-state index < -0.39 is 5.82 Å². The molecule has 0 aliphatic carbocycles. The van der Waals surface area contributed by atoms with Gasteiger partial charge >= 0.3 is 0 Å². The van der Waals surface area contributed by atoms with E-state index in [0.29, 0.717) is 11.4 Å². The molecule has 3 aromatic rings. The number of benzene rings is 2. The summed E-state index contributed by atoms with van der Waals surface area (Å²) in [4.78, 5) is 18.8. The summed E-state index contributed by atoms with van der Waals surface area (Å²) >= 11 is 0. The van der Waals surface area contributed by atoms with Crippen LogP contribution < -0.4 is 10.9 Å². The van der Waals surface area contributed by atoms with Crippen LogP contribution in [0.3, 0.4) is 0 Å². The zero-order valence-electron chi connectivity index (χ0n) is 12.8. The number of rotatable bonds is 3. The number of H-pyrrole nitrogens is 1. The largest absolute Gasteiger partial charge is 0.326 e. The van der Waals surface area contributed by atoms with Crippen LogP contribution in [0.5, 0.6) is 0 Å². The summed E-state index contributed by atoms with van der Waals surface area (Å²) in [5.41, 5.74) is 2.45. The lowest BCUT2D eigenvalue weighted by molar-refractivity contribution is 0.624. The number of nitriles is 1. The van der Waals surface area contributed by atoms with Crippen LogP contribution in [0.1, 0.15) is 11.1 Å². The fourth-order valence-electron chi connectivity index (χ4n) is 2.29. The van der Waals surface area contributed by atoms with Crippen molar-refractivity contribution in [1.82, 2.24) is 9.97 Å². The smallest absolute Gasteiger partial charge is 0.252 e. The number of aryl methyl sites for hydroxylation is 1. The standard InChI is InChI=1S/C18H13FN4O/c1-11-3-2-4-12(7-11)16-9-17(24)23-18(22-16)21-14-5-6-15(19)13(8-14)10-20/h2-9H,1H3,(H2,21,22,23,24). The van der Waals surface area contributed by atoms with Crippen LogP contribution in [0.2, 0.25) is 0 Å². The highest BCUT2D eigenvalue weighted by molar-refractivity contribution is 5.63. The summed E-state index contributed by atoms with van der Waals surface area (Å²) in [5.74, 6) is -0.382. The Bertz CT molecular complexity index is 1000. The molecule has 0 atom stereocenters. The van der Waals surface area contributed by atoms with E-state index in [1.807, 2.05) is 31.2 Å². The molecular formula is C18H13FN4O. The molecule has 0 aliphatic heterocycles. The zero-order chi connectivity index (χ0) is 17.1. The van der Waals surface area contributed by atoms with Gasteiger partial charge in [0.15, 0.2) is 0 Å². The predicted octanol–water partition coefficient (Wildman–Crippen LogP) is 3.50. The molecule has 24 heavy (non-hydrogen) atoms. The summed E-state index contributed by atoms with van der Waals surface area (Å²) in [6, 6.07) is 14.8. The minimum absolute atomic E-state index is 0.0859. The van der Waals surface area contributed by atoms with Gasteiger partial charge in [0, 0.05) is 17.3 Å². The number of aromatic nitrogens is 2. The van der Waals surface area contributed by atoms with E-state index in [9.17, 15) is 9.18 Å². The fraction of sp³-hybridized carbons (Fsp3) is 0.0556. The predicted molar refractivity (Wildman–Crippen MR) is 89.4 cm³/mol. The second kappa shape index (κ2) is 6.34. The molecule has 2 N–H and O–H groups in total. The highest BCUT2D eigenvalue weighted by Crippen LogP contribution is 2.20. The average molecular weight is 320 g/mol. The molecule has 0 fully saturated rings. The highest BCUT2D eigenvalue weighted by Gasteiger charge is 2.07. The minimum Gasteiger partial charge on any atom is -0.326 e. The van der Waals surface area contributed by atoms with Gasteiger partial charge in [-0.15, -0.1) is 0 Å². The molecule has 5 nitrogen and oxygen atoms in total. The van der Waals surface area contributed by atoms with Crippen molar-refractivity contribution in [2.45, 2.75) is 6.92 Å². The monoisotopic (exact) mass is 320 g/mol. The van der Waals surface area contributed by atoms with Crippen molar-refractivity contribution in [2.24, 2.45) is 0 Å². The summed E-state index contributed by atoms with van der Waals surface area (Å²) in [6.07, 6.45) is 0. The molecular weight excluding hydrogens is 307 g/mol. The number of nitrogens with one attached hydrogen (secondary N) is 2. The Labute approximate surface area is 137 Å². The van der Waals surface area contributed by atoms with Gasteiger partial charge in [-0.25, -0.2) is 9.37 Å². The normalized spacial score (nSPS) is 10.2. The Hall–Kier alpha value is -3.46. The number of aromatic amines is 1. The average Bonchev–Trinajstić information content (AvgIpc) is 2.56. The van der Waals surface area contributed by atoms with Gasteiger partial charge in [-0.3, -0.25) is 9.78 Å². The first-order chi connectivity index (χ1) is 11.5. The van der Waals surface area contributed by atoms with Crippen LogP contribution in [-0.4, -0.2) is 9.97 Å². The number of nitrogens with zero attached hydrogens (tertiary/aromatic N) is 2. The molecule has 0 saturated carbocycles.